The molecule has 0 bridgehead atoms. The molecule has 0 atom stereocenters. The highest BCUT2D eigenvalue weighted by Crippen LogP contribution is 2.15. The summed E-state index contributed by atoms with van der Waals surface area (Å²) in [5.74, 6) is -0.723. The van der Waals surface area contributed by atoms with Crippen LogP contribution in [0.3, 0.4) is 0 Å². The average molecular weight is 386 g/mol. The lowest BCUT2D eigenvalue weighted by atomic mass is 10.2. The van der Waals surface area contributed by atoms with Gasteiger partial charge in [-0.15, -0.1) is 5.43 Å². The number of hydrazine groups is 1. The molecule has 2 amide bonds. The predicted octanol–water partition coefficient (Wildman–Crippen LogP) is 3.81. The van der Waals surface area contributed by atoms with E-state index in [0.717, 1.165) is 6.08 Å². The third kappa shape index (κ3) is 6.98. The van der Waals surface area contributed by atoms with E-state index in [2.05, 4.69) is 0 Å². The van der Waals surface area contributed by atoms with Crippen molar-refractivity contribution in [1.29, 1.82) is 0 Å². The second kappa shape index (κ2) is 9.62. The SMILES string of the molecule is CC(C)OC(=O)NN(C(=O)OC(C)C)/C(=C\c1ccc(Cl)cc1)[N+](=O)[O-]. The average Bonchev–Trinajstić information content (AvgIpc) is 2.50. The molecule has 9 nitrogen and oxygen atoms in total. The summed E-state index contributed by atoms with van der Waals surface area (Å²) in [4.78, 5) is 34.7. The number of nitrogens with one attached hydrogen (secondary N) is 1. The van der Waals surface area contributed by atoms with Crippen LogP contribution < -0.4 is 5.43 Å². The van der Waals surface area contributed by atoms with Crippen LogP contribution >= 0.6 is 11.6 Å². The van der Waals surface area contributed by atoms with Crippen molar-refractivity contribution in [2.75, 3.05) is 0 Å². The smallest absolute Gasteiger partial charge is 0.445 e. The Hall–Kier alpha value is -2.81. The molecule has 0 radical (unpaired) electrons. The zero-order valence-corrected chi connectivity index (χ0v) is 15.5. The zero-order valence-electron chi connectivity index (χ0n) is 14.8. The molecule has 26 heavy (non-hydrogen) atoms. The molecule has 1 rings (SSSR count). The normalized spacial score (nSPS) is 11.3. The van der Waals surface area contributed by atoms with Gasteiger partial charge in [0.25, 0.3) is 0 Å². The van der Waals surface area contributed by atoms with E-state index in [4.69, 9.17) is 21.1 Å². The lowest BCUT2D eigenvalue weighted by Crippen LogP contribution is -2.48. The molecule has 142 valence electrons. The Morgan fingerprint density at radius 3 is 2.15 bits per heavy atom. The highest BCUT2D eigenvalue weighted by atomic mass is 35.5. The molecule has 0 aliphatic heterocycles. The number of benzene rings is 1. The first-order valence-electron chi connectivity index (χ1n) is 7.69. The van der Waals surface area contributed by atoms with E-state index in [1.54, 1.807) is 27.7 Å². The van der Waals surface area contributed by atoms with Gasteiger partial charge in [-0.1, -0.05) is 23.7 Å². The maximum Gasteiger partial charge on any atom is 0.532 e. The van der Waals surface area contributed by atoms with Crippen LogP contribution in [0.25, 0.3) is 6.08 Å². The van der Waals surface area contributed by atoms with Gasteiger partial charge in [-0.25, -0.2) is 4.79 Å². The van der Waals surface area contributed by atoms with Gasteiger partial charge in [0.1, 0.15) is 6.10 Å². The van der Waals surface area contributed by atoms with Gasteiger partial charge in [-0.05, 0) is 55.3 Å². The van der Waals surface area contributed by atoms with Gasteiger partial charge in [0, 0.05) is 11.1 Å². The number of halogens is 1. The summed E-state index contributed by atoms with van der Waals surface area (Å²) in [6.45, 7) is 6.32. The van der Waals surface area contributed by atoms with Crippen molar-refractivity contribution >= 4 is 29.9 Å². The van der Waals surface area contributed by atoms with Gasteiger partial charge in [-0.3, -0.25) is 0 Å². The number of hydrogen-bond acceptors (Lipinski definition) is 6. The van der Waals surface area contributed by atoms with Gasteiger partial charge in [0.15, 0.2) is 0 Å². The summed E-state index contributed by atoms with van der Waals surface area (Å²) in [6, 6.07) is 6.10. The molecular formula is C16H20ClN3O6. The number of nitro groups is 1. The number of rotatable bonds is 5. The Morgan fingerprint density at radius 2 is 1.69 bits per heavy atom. The van der Waals surface area contributed by atoms with Crippen molar-refractivity contribution < 1.29 is 24.0 Å². The van der Waals surface area contributed by atoms with E-state index >= 15 is 0 Å². The highest BCUT2D eigenvalue weighted by Gasteiger charge is 2.35. The second-order valence-corrected chi connectivity index (χ2v) is 6.08. The van der Waals surface area contributed by atoms with Crippen LogP contribution in [0.2, 0.25) is 5.02 Å². The number of nitrogens with zero attached hydrogens (tertiary/aromatic N) is 2. The van der Waals surface area contributed by atoms with Gasteiger partial charge in [-0.2, -0.15) is 4.79 Å². The Morgan fingerprint density at radius 1 is 1.15 bits per heavy atom. The number of ether oxygens (including phenoxy) is 2. The highest BCUT2D eigenvalue weighted by molar-refractivity contribution is 6.30. The maximum absolute atomic E-state index is 12.2. The summed E-state index contributed by atoms with van der Waals surface area (Å²) in [5, 5.41) is 12.3. The maximum atomic E-state index is 12.2. The van der Waals surface area contributed by atoms with Gasteiger partial charge in [0.2, 0.25) is 0 Å². The summed E-state index contributed by atoms with van der Waals surface area (Å²) in [6.07, 6.45) is -2.12. The van der Waals surface area contributed by atoms with Gasteiger partial charge in [0.05, 0.1) is 6.10 Å². The minimum Gasteiger partial charge on any atom is -0.445 e. The van der Waals surface area contributed by atoms with E-state index < -0.39 is 35.1 Å². The Bertz CT molecular complexity index is 688. The van der Waals surface area contributed by atoms with Crippen molar-refractivity contribution in [1.82, 2.24) is 10.4 Å². The van der Waals surface area contributed by atoms with Crippen molar-refractivity contribution in [3.8, 4) is 0 Å². The first kappa shape index (κ1) is 21.2. The third-order valence-electron chi connectivity index (χ3n) is 2.65. The molecule has 1 aromatic rings. The molecule has 0 aliphatic rings. The fraction of sp³-hybridized carbons (Fsp3) is 0.375. The number of hydrogen-bond donors (Lipinski definition) is 1. The number of amides is 2. The lowest BCUT2D eigenvalue weighted by Gasteiger charge is -2.18. The first-order valence-corrected chi connectivity index (χ1v) is 8.07. The molecule has 0 heterocycles. The standard InChI is InChI=1S/C16H20ClN3O6/c1-10(2)25-15(21)18-19(16(22)26-11(3)4)14(20(23)24)9-12-5-7-13(17)8-6-12/h5-11H,1-4H3,(H,18,21)/b14-9+. The fourth-order valence-corrected chi connectivity index (χ4v) is 1.82. The summed E-state index contributed by atoms with van der Waals surface area (Å²) < 4.78 is 9.82. The van der Waals surface area contributed by atoms with Crippen LogP contribution in [0, 0.1) is 10.1 Å². The predicted molar refractivity (Wildman–Crippen MR) is 94.6 cm³/mol. The molecule has 0 aromatic heterocycles. The van der Waals surface area contributed by atoms with Gasteiger partial charge >= 0.3 is 18.0 Å². The molecule has 0 aliphatic carbocycles. The monoisotopic (exact) mass is 385 g/mol. The zero-order chi connectivity index (χ0) is 19.9. The summed E-state index contributed by atoms with van der Waals surface area (Å²) >= 11 is 5.79. The van der Waals surface area contributed by atoms with Crippen LogP contribution in [0.4, 0.5) is 9.59 Å². The molecule has 0 unspecified atom stereocenters. The molecule has 0 spiro atoms. The summed E-state index contributed by atoms with van der Waals surface area (Å²) in [7, 11) is 0. The number of carbonyl (C=O) groups excluding carboxylic acids is 2. The lowest BCUT2D eigenvalue weighted by molar-refractivity contribution is -0.443. The Labute approximate surface area is 155 Å². The minimum atomic E-state index is -1.13. The van der Waals surface area contributed by atoms with E-state index in [-0.39, 0.29) is 0 Å². The van der Waals surface area contributed by atoms with E-state index in [1.165, 1.54) is 24.3 Å². The summed E-state index contributed by atoms with van der Waals surface area (Å²) in [5.41, 5.74) is 2.42. The molecule has 0 fully saturated rings. The fourth-order valence-electron chi connectivity index (χ4n) is 1.69. The van der Waals surface area contributed by atoms with Crippen LogP contribution in [-0.4, -0.2) is 34.3 Å². The Balaban J connectivity index is 3.23. The quantitative estimate of drug-likeness (QED) is 0.609. The first-order chi connectivity index (χ1) is 12.1. The number of carbonyl (C=O) groups is 2. The van der Waals surface area contributed by atoms with Crippen LogP contribution in [-0.2, 0) is 9.47 Å². The third-order valence-corrected chi connectivity index (χ3v) is 2.90. The second-order valence-electron chi connectivity index (χ2n) is 5.64. The molecule has 0 saturated carbocycles. The molecule has 10 heteroatoms. The minimum absolute atomic E-state index is 0.388. The van der Waals surface area contributed by atoms with Crippen LogP contribution in [0.15, 0.2) is 30.1 Å². The van der Waals surface area contributed by atoms with Crippen molar-refractivity contribution in [2.24, 2.45) is 0 Å². The van der Waals surface area contributed by atoms with Crippen LogP contribution in [0.1, 0.15) is 33.3 Å². The topological polar surface area (TPSA) is 111 Å². The van der Waals surface area contributed by atoms with E-state index in [0.29, 0.717) is 15.6 Å². The molecule has 1 N–H and O–H groups in total. The molecule has 0 saturated heterocycles. The van der Waals surface area contributed by atoms with Crippen molar-refractivity contribution in [3.63, 3.8) is 0 Å². The Kier molecular flexibility index (Phi) is 7.85. The van der Waals surface area contributed by atoms with Crippen LogP contribution in [0.5, 0.6) is 0 Å². The van der Waals surface area contributed by atoms with E-state index in [1.807, 2.05) is 5.43 Å². The van der Waals surface area contributed by atoms with Crippen molar-refractivity contribution in [3.05, 3.63) is 50.8 Å². The van der Waals surface area contributed by atoms with Crippen molar-refractivity contribution in [2.45, 2.75) is 39.9 Å². The molecular weight excluding hydrogens is 366 g/mol. The largest absolute Gasteiger partial charge is 0.532 e. The molecule has 1 aromatic carbocycles. The van der Waals surface area contributed by atoms with E-state index in [9.17, 15) is 19.7 Å². The van der Waals surface area contributed by atoms with Gasteiger partial charge < -0.3 is 19.6 Å².